The van der Waals surface area contributed by atoms with Crippen molar-refractivity contribution in [2.24, 2.45) is 10.8 Å². The van der Waals surface area contributed by atoms with Crippen LogP contribution in [-0.2, 0) is 20.9 Å². The van der Waals surface area contributed by atoms with Crippen LogP contribution in [0.15, 0.2) is 36.7 Å². The number of ether oxygens (including phenoxy) is 1. The molecule has 166 valence electrons. The predicted octanol–water partition coefficient (Wildman–Crippen LogP) is 2.24. The van der Waals surface area contributed by atoms with Gasteiger partial charge in [0.25, 0.3) is 17.7 Å². The van der Waals surface area contributed by atoms with E-state index in [9.17, 15) is 19.2 Å². The number of nitrogens with one attached hydrogen (secondary N) is 1. The Bertz CT molecular complexity index is 1150. The molecule has 3 aliphatic rings. The minimum atomic E-state index is -1.21. The van der Waals surface area contributed by atoms with Gasteiger partial charge in [-0.25, -0.2) is 0 Å². The van der Waals surface area contributed by atoms with Crippen molar-refractivity contribution in [3.63, 3.8) is 0 Å². The van der Waals surface area contributed by atoms with Crippen LogP contribution in [0.4, 0.5) is 5.69 Å². The molecule has 5 rings (SSSR count). The Morgan fingerprint density at radius 3 is 2.28 bits per heavy atom. The molecule has 1 aromatic carbocycles. The van der Waals surface area contributed by atoms with Crippen LogP contribution in [0, 0.1) is 10.8 Å². The number of hydrogen-bond acceptors (Lipinski definition) is 6. The summed E-state index contributed by atoms with van der Waals surface area (Å²) in [6.45, 7) is 6.10. The zero-order valence-corrected chi connectivity index (χ0v) is 18.2. The first kappa shape index (κ1) is 20.4. The monoisotopic (exact) mass is 436 g/mol. The lowest BCUT2D eigenvalue weighted by Crippen LogP contribution is -2.50. The normalized spacial score (nSPS) is 27.6. The highest BCUT2D eigenvalue weighted by Crippen LogP contribution is 2.65. The third-order valence-corrected chi connectivity index (χ3v) is 7.77. The van der Waals surface area contributed by atoms with Gasteiger partial charge in [0.1, 0.15) is 0 Å². The maximum Gasteiger partial charge on any atom is 0.313 e. The van der Waals surface area contributed by atoms with E-state index in [-0.39, 0.29) is 36.8 Å². The van der Waals surface area contributed by atoms with E-state index in [4.69, 9.17) is 4.74 Å². The van der Waals surface area contributed by atoms with E-state index < -0.39 is 16.4 Å². The van der Waals surface area contributed by atoms with Gasteiger partial charge in [-0.3, -0.25) is 28.8 Å². The van der Waals surface area contributed by atoms with Crippen molar-refractivity contribution in [1.82, 2.24) is 14.7 Å². The quantitative estimate of drug-likeness (QED) is 0.569. The van der Waals surface area contributed by atoms with E-state index >= 15 is 0 Å². The van der Waals surface area contributed by atoms with E-state index in [1.807, 2.05) is 20.8 Å². The fourth-order valence-electron chi connectivity index (χ4n) is 5.17. The summed E-state index contributed by atoms with van der Waals surface area (Å²) in [6, 6.07) is 6.74. The minimum Gasteiger partial charge on any atom is -0.448 e. The first-order valence-corrected chi connectivity index (χ1v) is 10.6. The number of hydrogen-bond donors (Lipinski definition) is 1. The van der Waals surface area contributed by atoms with Crippen LogP contribution < -0.4 is 5.32 Å². The Hall–Kier alpha value is -3.49. The van der Waals surface area contributed by atoms with E-state index in [1.165, 1.54) is 11.1 Å². The molecule has 2 unspecified atom stereocenters. The molecule has 3 amide bonds. The standard InChI is InChI=1S/C23H24N4O5/c1-21(2)22(3)8-9-23(21,32-20(22)31)19(30)25-14-12-24-26(13-14)10-11-27-17(28)15-6-4-5-7-16(15)18(27)29/h4-7,12-13H,8-11H2,1-3H3,(H,25,30). The van der Waals surface area contributed by atoms with Crippen molar-refractivity contribution in [3.8, 4) is 0 Å². The van der Waals surface area contributed by atoms with Gasteiger partial charge in [-0.2, -0.15) is 5.10 Å². The molecule has 0 radical (unpaired) electrons. The average Bonchev–Trinajstić information content (AvgIpc) is 3.40. The van der Waals surface area contributed by atoms with Gasteiger partial charge in [-0.15, -0.1) is 0 Å². The fourth-order valence-corrected chi connectivity index (χ4v) is 5.17. The van der Waals surface area contributed by atoms with Gasteiger partial charge in [0.05, 0.1) is 35.0 Å². The van der Waals surface area contributed by atoms with Gasteiger partial charge in [0, 0.05) is 18.2 Å². The molecule has 9 nitrogen and oxygen atoms in total. The SMILES string of the molecule is CC12CCC(C(=O)Nc3cnn(CCN4C(=O)c5ccccc5C4=O)c3)(OC1=O)C2(C)C. The number of carbonyl (C=O) groups is 4. The summed E-state index contributed by atoms with van der Waals surface area (Å²) < 4.78 is 7.17. The highest BCUT2D eigenvalue weighted by molar-refractivity contribution is 6.21. The molecule has 2 fully saturated rings. The zero-order chi connectivity index (χ0) is 22.9. The molecule has 2 aliphatic heterocycles. The Morgan fingerprint density at radius 1 is 1.06 bits per heavy atom. The molecule has 1 saturated heterocycles. The summed E-state index contributed by atoms with van der Waals surface area (Å²) >= 11 is 0. The van der Waals surface area contributed by atoms with Crippen LogP contribution in [-0.4, -0.2) is 50.5 Å². The molecule has 1 aromatic heterocycles. The van der Waals surface area contributed by atoms with E-state index in [0.29, 0.717) is 29.7 Å². The number of anilines is 1. The van der Waals surface area contributed by atoms with Crippen LogP contribution in [0.1, 0.15) is 54.3 Å². The molecule has 9 heteroatoms. The Kier molecular flexibility index (Phi) is 4.15. The molecule has 1 saturated carbocycles. The van der Waals surface area contributed by atoms with Crippen LogP contribution in [0.3, 0.4) is 0 Å². The molecular formula is C23H24N4O5. The highest BCUT2D eigenvalue weighted by Gasteiger charge is 2.75. The number of aromatic nitrogens is 2. The first-order chi connectivity index (χ1) is 15.1. The van der Waals surface area contributed by atoms with Crippen LogP contribution >= 0.6 is 0 Å². The number of fused-ring (bicyclic) bond motifs is 3. The molecule has 2 aromatic rings. The summed E-state index contributed by atoms with van der Waals surface area (Å²) in [4.78, 5) is 51.7. The summed E-state index contributed by atoms with van der Waals surface area (Å²) in [5, 5.41) is 7.05. The van der Waals surface area contributed by atoms with Crippen molar-refractivity contribution in [1.29, 1.82) is 0 Å². The molecule has 0 spiro atoms. The molecular weight excluding hydrogens is 412 g/mol. The molecule has 2 bridgehead atoms. The summed E-state index contributed by atoms with van der Waals surface area (Å²) in [5.74, 6) is -1.34. The van der Waals surface area contributed by atoms with E-state index in [1.54, 1.807) is 35.1 Å². The number of nitrogens with zero attached hydrogens (tertiary/aromatic N) is 3. The van der Waals surface area contributed by atoms with Crippen molar-refractivity contribution < 1.29 is 23.9 Å². The lowest BCUT2D eigenvalue weighted by atomic mass is 9.66. The van der Waals surface area contributed by atoms with Gasteiger partial charge in [-0.05, 0) is 31.9 Å². The van der Waals surface area contributed by atoms with E-state index in [0.717, 1.165) is 0 Å². The second-order valence-electron chi connectivity index (χ2n) is 9.43. The zero-order valence-electron chi connectivity index (χ0n) is 18.2. The van der Waals surface area contributed by atoms with Crippen molar-refractivity contribution >= 4 is 29.4 Å². The molecule has 1 aliphatic carbocycles. The smallest absolute Gasteiger partial charge is 0.313 e. The van der Waals surface area contributed by atoms with Gasteiger partial charge in [0.2, 0.25) is 0 Å². The first-order valence-electron chi connectivity index (χ1n) is 10.6. The fraction of sp³-hybridized carbons (Fsp3) is 0.435. The van der Waals surface area contributed by atoms with Gasteiger partial charge >= 0.3 is 5.97 Å². The lowest BCUT2D eigenvalue weighted by molar-refractivity contribution is -0.165. The van der Waals surface area contributed by atoms with Crippen LogP contribution in [0.2, 0.25) is 0 Å². The third-order valence-electron chi connectivity index (χ3n) is 7.77. The van der Waals surface area contributed by atoms with Gasteiger partial charge < -0.3 is 10.1 Å². The van der Waals surface area contributed by atoms with Crippen molar-refractivity contribution in [3.05, 3.63) is 47.8 Å². The van der Waals surface area contributed by atoms with Gasteiger partial charge in [0.15, 0.2) is 5.60 Å². The predicted molar refractivity (Wildman–Crippen MR) is 113 cm³/mol. The minimum absolute atomic E-state index is 0.161. The van der Waals surface area contributed by atoms with Crippen LogP contribution in [0.25, 0.3) is 0 Å². The average molecular weight is 436 g/mol. The number of esters is 1. The maximum absolute atomic E-state index is 13.2. The molecule has 2 atom stereocenters. The number of carbonyl (C=O) groups excluding carboxylic acids is 4. The second-order valence-corrected chi connectivity index (χ2v) is 9.43. The Balaban J connectivity index is 1.26. The number of imide groups is 1. The summed E-state index contributed by atoms with van der Waals surface area (Å²) in [6.07, 6.45) is 4.20. The molecule has 32 heavy (non-hydrogen) atoms. The maximum atomic E-state index is 13.2. The van der Waals surface area contributed by atoms with Crippen LogP contribution in [0.5, 0.6) is 0 Å². The highest BCUT2D eigenvalue weighted by atomic mass is 16.6. The Morgan fingerprint density at radius 2 is 1.72 bits per heavy atom. The molecule has 1 N–H and O–H groups in total. The largest absolute Gasteiger partial charge is 0.448 e. The van der Waals surface area contributed by atoms with E-state index in [2.05, 4.69) is 10.4 Å². The van der Waals surface area contributed by atoms with Gasteiger partial charge in [-0.1, -0.05) is 26.0 Å². The second kappa shape index (κ2) is 6.51. The number of rotatable bonds is 5. The summed E-state index contributed by atoms with van der Waals surface area (Å²) in [7, 11) is 0. The molecule has 3 heterocycles. The number of amides is 3. The Labute approximate surface area is 184 Å². The topological polar surface area (TPSA) is 111 Å². The van der Waals surface area contributed by atoms with Crippen molar-refractivity contribution in [2.75, 3.05) is 11.9 Å². The summed E-state index contributed by atoms with van der Waals surface area (Å²) in [5.41, 5.74) is -1.26. The number of benzene rings is 1. The lowest BCUT2D eigenvalue weighted by Gasteiger charge is -2.35. The third kappa shape index (κ3) is 2.47. The van der Waals surface area contributed by atoms with Crippen molar-refractivity contribution in [2.45, 2.75) is 45.8 Å².